The highest BCUT2D eigenvalue weighted by Crippen LogP contribution is 2.28. The lowest BCUT2D eigenvalue weighted by atomic mass is 9.87. The van der Waals surface area contributed by atoms with E-state index >= 15 is 0 Å². The van der Waals surface area contributed by atoms with Crippen molar-refractivity contribution in [1.29, 1.82) is 0 Å². The average molecular weight is 302 g/mol. The number of hydrogen-bond acceptors (Lipinski definition) is 3. The molecule has 0 atom stereocenters. The van der Waals surface area contributed by atoms with E-state index in [0.717, 1.165) is 5.56 Å². The normalized spacial score (nSPS) is 17.0. The second-order valence-electron chi connectivity index (χ2n) is 5.89. The molecular weight excluding hydrogens is 284 g/mol. The molecule has 1 aliphatic rings. The van der Waals surface area contributed by atoms with Crippen LogP contribution in [0.2, 0.25) is 0 Å². The number of benzene rings is 1. The van der Waals surface area contributed by atoms with Crippen molar-refractivity contribution in [2.45, 2.75) is 33.1 Å². The summed E-state index contributed by atoms with van der Waals surface area (Å²) in [4.78, 5) is 27.1. The number of nitrogens with zero attached hydrogens (tertiary/aromatic N) is 1. The first-order valence-electron chi connectivity index (χ1n) is 6.66. The van der Waals surface area contributed by atoms with Crippen LogP contribution < -0.4 is 5.32 Å². The molecule has 0 unspecified atom stereocenters. The molecule has 0 fully saturated rings. The minimum atomic E-state index is -0.316. The molecule has 5 heteroatoms. The Labute approximate surface area is 128 Å². The van der Waals surface area contributed by atoms with Crippen LogP contribution in [0.1, 0.15) is 38.8 Å². The molecule has 21 heavy (non-hydrogen) atoms. The summed E-state index contributed by atoms with van der Waals surface area (Å²) in [5.41, 5.74) is 2.29. The fourth-order valence-corrected chi connectivity index (χ4v) is 2.70. The highest BCUT2D eigenvalue weighted by Gasteiger charge is 2.22. The van der Waals surface area contributed by atoms with E-state index in [1.807, 2.05) is 12.1 Å². The standard InChI is InChI=1S/C16H18N2O2S/c1-10(19)17-15-18-14(20)13(21-15)9-11-5-7-12(8-6-11)16(2,3)4/h5-9H,1-4H3,(H,17,18,19,20). The number of thioether (sulfide) groups is 1. The van der Waals surface area contributed by atoms with E-state index in [4.69, 9.17) is 0 Å². The number of amides is 2. The van der Waals surface area contributed by atoms with Crippen molar-refractivity contribution in [2.24, 2.45) is 4.99 Å². The van der Waals surface area contributed by atoms with Gasteiger partial charge in [0.2, 0.25) is 5.91 Å². The Morgan fingerprint density at radius 2 is 1.86 bits per heavy atom. The van der Waals surface area contributed by atoms with Crippen LogP contribution in [0.3, 0.4) is 0 Å². The first-order chi connectivity index (χ1) is 9.75. The smallest absolute Gasteiger partial charge is 0.286 e. The minimum absolute atomic E-state index is 0.102. The van der Waals surface area contributed by atoms with Gasteiger partial charge in [0.15, 0.2) is 5.17 Å². The maximum atomic E-state index is 11.8. The number of carbonyl (C=O) groups excluding carboxylic acids is 2. The Balaban J connectivity index is 2.15. The van der Waals surface area contributed by atoms with Gasteiger partial charge in [0.1, 0.15) is 0 Å². The third kappa shape index (κ3) is 4.04. The van der Waals surface area contributed by atoms with Gasteiger partial charge in [-0.2, -0.15) is 4.99 Å². The maximum absolute atomic E-state index is 11.8. The van der Waals surface area contributed by atoms with Crippen LogP contribution in [0.15, 0.2) is 34.2 Å². The molecule has 0 saturated heterocycles. The SMILES string of the molecule is CC(=O)NC1=NC(=O)C(=Cc2ccc(C(C)(C)C)cc2)S1. The summed E-state index contributed by atoms with van der Waals surface area (Å²) >= 11 is 1.18. The third-order valence-corrected chi connectivity index (χ3v) is 3.88. The Hall–Kier alpha value is -1.88. The van der Waals surface area contributed by atoms with Crippen LogP contribution in [0.4, 0.5) is 0 Å². The summed E-state index contributed by atoms with van der Waals surface area (Å²) < 4.78 is 0. The van der Waals surface area contributed by atoms with Crippen molar-refractivity contribution in [3.63, 3.8) is 0 Å². The van der Waals surface area contributed by atoms with Gasteiger partial charge in [-0.1, -0.05) is 45.0 Å². The monoisotopic (exact) mass is 302 g/mol. The van der Waals surface area contributed by atoms with Crippen LogP contribution in [-0.4, -0.2) is 17.0 Å². The van der Waals surface area contributed by atoms with Crippen molar-refractivity contribution >= 4 is 34.8 Å². The molecule has 1 heterocycles. The van der Waals surface area contributed by atoms with Gasteiger partial charge < -0.3 is 5.32 Å². The Kier molecular flexibility index (Phi) is 4.32. The Bertz CT molecular complexity index is 637. The van der Waals surface area contributed by atoms with Crippen molar-refractivity contribution in [3.8, 4) is 0 Å². The van der Waals surface area contributed by atoms with Gasteiger partial charge in [-0.3, -0.25) is 9.59 Å². The van der Waals surface area contributed by atoms with Gasteiger partial charge in [-0.05, 0) is 34.4 Å². The number of hydrogen-bond donors (Lipinski definition) is 1. The lowest BCUT2D eigenvalue weighted by Crippen LogP contribution is -2.23. The lowest BCUT2D eigenvalue weighted by Gasteiger charge is -2.18. The number of nitrogens with one attached hydrogen (secondary N) is 1. The molecule has 0 saturated carbocycles. The molecule has 2 rings (SSSR count). The predicted molar refractivity (Wildman–Crippen MR) is 87.0 cm³/mol. The zero-order valence-electron chi connectivity index (χ0n) is 12.6. The fourth-order valence-electron chi connectivity index (χ4n) is 1.84. The van der Waals surface area contributed by atoms with Crippen molar-refractivity contribution in [2.75, 3.05) is 0 Å². The first-order valence-corrected chi connectivity index (χ1v) is 7.48. The fraction of sp³-hybridized carbons (Fsp3) is 0.312. The average Bonchev–Trinajstić information content (AvgIpc) is 2.68. The molecule has 2 amide bonds. The van der Waals surface area contributed by atoms with Gasteiger partial charge in [-0.15, -0.1) is 0 Å². The molecule has 1 aromatic rings. The molecule has 0 aromatic heterocycles. The summed E-state index contributed by atoms with van der Waals surface area (Å²) in [6, 6.07) is 8.09. The summed E-state index contributed by atoms with van der Waals surface area (Å²) in [5.74, 6) is -0.548. The quantitative estimate of drug-likeness (QED) is 0.811. The largest absolute Gasteiger partial charge is 0.305 e. The summed E-state index contributed by atoms with van der Waals surface area (Å²) in [7, 11) is 0. The zero-order valence-corrected chi connectivity index (χ0v) is 13.4. The van der Waals surface area contributed by atoms with E-state index in [1.165, 1.54) is 24.2 Å². The summed E-state index contributed by atoms with van der Waals surface area (Å²) in [6.07, 6.45) is 1.79. The zero-order chi connectivity index (χ0) is 15.6. The van der Waals surface area contributed by atoms with Gasteiger partial charge in [0, 0.05) is 6.92 Å². The van der Waals surface area contributed by atoms with Crippen LogP contribution in [0.5, 0.6) is 0 Å². The number of carbonyl (C=O) groups is 2. The molecule has 0 aliphatic carbocycles. The molecule has 1 N–H and O–H groups in total. The summed E-state index contributed by atoms with van der Waals surface area (Å²) in [5, 5.41) is 2.87. The molecule has 1 aromatic carbocycles. The van der Waals surface area contributed by atoms with E-state index in [-0.39, 0.29) is 17.2 Å². The number of rotatable bonds is 1. The topological polar surface area (TPSA) is 58.5 Å². The van der Waals surface area contributed by atoms with Crippen LogP contribution >= 0.6 is 11.8 Å². The predicted octanol–water partition coefficient (Wildman–Crippen LogP) is 3.09. The maximum Gasteiger partial charge on any atom is 0.286 e. The third-order valence-electron chi connectivity index (χ3n) is 2.98. The van der Waals surface area contributed by atoms with Crippen molar-refractivity contribution in [3.05, 3.63) is 40.3 Å². The molecule has 110 valence electrons. The lowest BCUT2D eigenvalue weighted by molar-refractivity contribution is -0.117. The molecule has 4 nitrogen and oxygen atoms in total. The van der Waals surface area contributed by atoms with Crippen LogP contribution in [0.25, 0.3) is 6.08 Å². The number of aliphatic imine (C=N–C) groups is 1. The van der Waals surface area contributed by atoms with Crippen molar-refractivity contribution < 1.29 is 9.59 Å². The van der Waals surface area contributed by atoms with Gasteiger partial charge >= 0.3 is 0 Å². The highest BCUT2D eigenvalue weighted by molar-refractivity contribution is 8.18. The van der Waals surface area contributed by atoms with E-state index in [0.29, 0.717) is 10.1 Å². The number of amidine groups is 1. The van der Waals surface area contributed by atoms with E-state index < -0.39 is 0 Å². The molecule has 0 spiro atoms. The van der Waals surface area contributed by atoms with Gasteiger partial charge in [0.05, 0.1) is 4.91 Å². The molecule has 0 bridgehead atoms. The Morgan fingerprint density at radius 3 is 2.38 bits per heavy atom. The Morgan fingerprint density at radius 1 is 1.24 bits per heavy atom. The minimum Gasteiger partial charge on any atom is -0.305 e. The van der Waals surface area contributed by atoms with E-state index in [9.17, 15) is 9.59 Å². The molecule has 0 radical (unpaired) electrons. The second-order valence-corrected chi connectivity index (χ2v) is 6.92. The second kappa shape index (κ2) is 5.85. The van der Waals surface area contributed by atoms with Crippen LogP contribution in [0, 0.1) is 0 Å². The van der Waals surface area contributed by atoms with Crippen LogP contribution in [-0.2, 0) is 15.0 Å². The summed E-state index contributed by atoms with van der Waals surface area (Å²) in [6.45, 7) is 7.86. The van der Waals surface area contributed by atoms with Crippen molar-refractivity contribution in [1.82, 2.24) is 5.32 Å². The van der Waals surface area contributed by atoms with Gasteiger partial charge in [0.25, 0.3) is 5.91 Å². The first kappa shape index (κ1) is 15.5. The highest BCUT2D eigenvalue weighted by atomic mass is 32.2. The van der Waals surface area contributed by atoms with Gasteiger partial charge in [-0.25, -0.2) is 0 Å². The molecule has 1 aliphatic heterocycles. The van der Waals surface area contributed by atoms with E-state index in [2.05, 4.69) is 43.2 Å². The van der Waals surface area contributed by atoms with E-state index in [1.54, 1.807) is 6.08 Å². The molecular formula is C16H18N2O2S.